The Morgan fingerprint density at radius 1 is 0.917 bits per heavy atom. The van der Waals surface area contributed by atoms with Gasteiger partial charge in [-0.05, 0) is 28.6 Å². The maximum Gasteiger partial charge on any atom is 0.259 e. The molecule has 0 aliphatic carbocycles. The molecule has 0 fully saturated rings. The zero-order chi connectivity index (χ0) is 16.5. The van der Waals surface area contributed by atoms with Gasteiger partial charge in [-0.3, -0.25) is 4.79 Å². The summed E-state index contributed by atoms with van der Waals surface area (Å²) in [4.78, 5) is 18.0. The van der Waals surface area contributed by atoms with Crippen LogP contribution in [0.2, 0.25) is 0 Å². The lowest BCUT2D eigenvalue weighted by Gasteiger charge is -2.17. The summed E-state index contributed by atoms with van der Waals surface area (Å²) in [6.07, 6.45) is 0.700. The molecule has 3 aromatic carbocycles. The predicted octanol–water partition coefficient (Wildman–Crippen LogP) is 4.78. The van der Waals surface area contributed by atoms with Crippen LogP contribution in [0.4, 0.5) is 5.69 Å². The van der Waals surface area contributed by atoms with E-state index in [1.165, 1.54) is 0 Å². The Kier molecular flexibility index (Phi) is 3.51. The second-order valence-electron chi connectivity index (χ2n) is 5.92. The van der Waals surface area contributed by atoms with Crippen LogP contribution >= 0.6 is 0 Å². The van der Waals surface area contributed by atoms with Crippen molar-refractivity contribution in [1.29, 1.82) is 0 Å². The number of benzene rings is 3. The molecule has 1 aliphatic heterocycles. The van der Waals surface area contributed by atoms with E-state index in [0.717, 1.165) is 33.2 Å². The third-order valence-corrected chi connectivity index (χ3v) is 4.52. The zero-order valence-corrected chi connectivity index (χ0v) is 13.2. The van der Waals surface area contributed by atoms with Gasteiger partial charge in [0, 0.05) is 23.9 Å². The van der Waals surface area contributed by atoms with Gasteiger partial charge in [-0.15, -0.1) is 0 Å². The molecule has 0 atom stereocenters. The van der Waals surface area contributed by atoms with E-state index in [2.05, 4.69) is 29.1 Å². The third-order valence-electron chi connectivity index (χ3n) is 4.52. The Hall–Kier alpha value is -3.12. The van der Waals surface area contributed by atoms with E-state index in [1.807, 2.05) is 41.3 Å². The van der Waals surface area contributed by atoms with Gasteiger partial charge >= 0.3 is 0 Å². The lowest BCUT2D eigenvalue weighted by molar-refractivity contribution is 0.0993. The first kappa shape index (κ1) is 14.5. The van der Waals surface area contributed by atoms with Gasteiger partial charge in [-0.1, -0.05) is 48.5 Å². The van der Waals surface area contributed by atoms with Gasteiger partial charge in [-0.25, -0.2) is 6.57 Å². The van der Waals surface area contributed by atoms with E-state index in [-0.39, 0.29) is 5.91 Å². The van der Waals surface area contributed by atoms with Gasteiger partial charge in [0.15, 0.2) is 0 Å². The molecule has 3 nitrogen and oxygen atoms in total. The molecule has 0 saturated heterocycles. The van der Waals surface area contributed by atoms with Crippen LogP contribution in [0.15, 0.2) is 60.7 Å². The second-order valence-corrected chi connectivity index (χ2v) is 5.92. The Labute approximate surface area is 141 Å². The van der Waals surface area contributed by atoms with Gasteiger partial charge < -0.3 is 9.74 Å². The zero-order valence-electron chi connectivity index (χ0n) is 13.2. The van der Waals surface area contributed by atoms with Crippen LogP contribution in [-0.4, -0.2) is 19.0 Å². The largest absolute Gasteiger partial charge is 0.317 e. The molecule has 1 heterocycles. The highest BCUT2D eigenvalue weighted by molar-refractivity contribution is 6.26. The summed E-state index contributed by atoms with van der Waals surface area (Å²) in [5, 5.41) is 2.14. The monoisotopic (exact) mass is 312 g/mol. The molecule has 1 aliphatic rings. The summed E-state index contributed by atoms with van der Waals surface area (Å²) in [5.41, 5.74) is 4.03. The molecule has 0 spiro atoms. The molecule has 0 radical (unpaired) electrons. The molecular formula is C21H16N2O. The van der Waals surface area contributed by atoms with Crippen molar-refractivity contribution in [2.24, 2.45) is 0 Å². The molecule has 1 amide bonds. The van der Waals surface area contributed by atoms with Crippen molar-refractivity contribution < 1.29 is 4.79 Å². The van der Waals surface area contributed by atoms with Gasteiger partial charge in [0.05, 0.1) is 5.69 Å². The van der Waals surface area contributed by atoms with Gasteiger partial charge in [0.1, 0.15) is 0 Å². The molecule has 24 heavy (non-hydrogen) atoms. The van der Waals surface area contributed by atoms with Crippen molar-refractivity contribution in [2.45, 2.75) is 6.42 Å². The van der Waals surface area contributed by atoms with Gasteiger partial charge in [0.2, 0.25) is 6.54 Å². The number of carbonyl (C=O) groups is 1. The number of amides is 1. The summed E-state index contributed by atoms with van der Waals surface area (Å²) in [7, 11) is 0. The fraction of sp³-hybridized carbons (Fsp3) is 0.143. The average molecular weight is 312 g/mol. The molecule has 0 unspecified atom stereocenters. The molecule has 116 valence electrons. The van der Waals surface area contributed by atoms with Crippen LogP contribution in [0.1, 0.15) is 16.8 Å². The Balaban J connectivity index is 1.87. The quantitative estimate of drug-likeness (QED) is 0.503. The highest BCUT2D eigenvalue weighted by Gasteiger charge is 2.30. The predicted molar refractivity (Wildman–Crippen MR) is 97.1 cm³/mol. The van der Waals surface area contributed by atoms with E-state index < -0.39 is 0 Å². The van der Waals surface area contributed by atoms with E-state index in [0.29, 0.717) is 19.5 Å². The number of carbonyl (C=O) groups excluding carboxylic acids is 1. The summed E-state index contributed by atoms with van der Waals surface area (Å²) in [6.45, 7) is 7.96. The van der Waals surface area contributed by atoms with Crippen LogP contribution in [0.5, 0.6) is 0 Å². The molecular weight excluding hydrogens is 296 g/mol. The molecule has 3 aromatic rings. The fourth-order valence-corrected chi connectivity index (χ4v) is 3.45. The summed E-state index contributed by atoms with van der Waals surface area (Å²) in [6, 6.07) is 20.3. The van der Waals surface area contributed by atoms with E-state index in [1.54, 1.807) is 0 Å². The van der Waals surface area contributed by atoms with Crippen LogP contribution in [0, 0.1) is 6.57 Å². The molecule has 0 bridgehead atoms. The molecule has 0 saturated carbocycles. The Morgan fingerprint density at radius 3 is 2.54 bits per heavy atom. The van der Waals surface area contributed by atoms with Gasteiger partial charge in [-0.2, -0.15) is 0 Å². The fourth-order valence-electron chi connectivity index (χ4n) is 3.45. The van der Waals surface area contributed by atoms with Crippen molar-refractivity contribution in [3.05, 3.63) is 77.6 Å². The average Bonchev–Trinajstić information content (AvgIpc) is 2.91. The van der Waals surface area contributed by atoms with Crippen LogP contribution < -0.4 is 4.90 Å². The Morgan fingerprint density at radius 2 is 1.75 bits per heavy atom. The highest BCUT2D eigenvalue weighted by Crippen LogP contribution is 2.41. The number of rotatable bonds is 4. The van der Waals surface area contributed by atoms with E-state index in [4.69, 9.17) is 6.57 Å². The highest BCUT2D eigenvalue weighted by atomic mass is 16.2. The normalized spacial score (nSPS) is 12.6. The maximum absolute atomic E-state index is 12.8. The number of nitrogens with zero attached hydrogens (tertiary/aromatic N) is 2. The Bertz CT molecular complexity index is 970. The van der Waals surface area contributed by atoms with E-state index in [9.17, 15) is 4.79 Å². The number of hydrogen-bond acceptors (Lipinski definition) is 1. The first-order chi connectivity index (χ1) is 11.8. The minimum atomic E-state index is 0.0470. The lowest BCUT2D eigenvalue weighted by atomic mass is 9.96. The molecule has 4 rings (SSSR count). The first-order valence-corrected chi connectivity index (χ1v) is 8.07. The topological polar surface area (TPSA) is 24.7 Å². The molecule has 3 heteroatoms. The first-order valence-electron chi connectivity index (χ1n) is 8.07. The van der Waals surface area contributed by atoms with Crippen molar-refractivity contribution in [3.8, 4) is 11.1 Å². The number of anilines is 1. The van der Waals surface area contributed by atoms with Gasteiger partial charge in [0.25, 0.3) is 5.91 Å². The third kappa shape index (κ3) is 2.16. The standard InChI is InChI=1S/C21H16N2O/c1-22-13-6-14-23-19-12-11-16(15-7-3-2-4-8-15)17-9-5-10-18(20(17)19)21(23)24/h2-5,7-12H,6,13-14H2. The second kappa shape index (κ2) is 5.82. The lowest BCUT2D eigenvalue weighted by Crippen LogP contribution is -2.28. The van der Waals surface area contributed by atoms with Crippen LogP contribution in [0.25, 0.3) is 26.7 Å². The van der Waals surface area contributed by atoms with Crippen LogP contribution in [-0.2, 0) is 0 Å². The molecule has 0 N–H and O–H groups in total. The van der Waals surface area contributed by atoms with Crippen molar-refractivity contribution >= 4 is 22.4 Å². The van der Waals surface area contributed by atoms with Crippen molar-refractivity contribution in [1.82, 2.24) is 0 Å². The maximum atomic E-state index is 12.8. The van der Waals surface area contributed by atoms with Crippen LogP contribution in [0.3, 0.4) is 0 Å². The smallest absolute Gasteiger partial charge is 0.259 e. The van der Waals surface area contributed by atoms with Crippen molar-refractivity contribution in [2.75, 3.05) is 18.0 Å². The summed E-state index contributed by atoms with van der Waals surface area (Å²) >= 11 is 0. The van der Waals surface area contributed by atoms with E-state index >= 15 is 0 Å². The SMILES string of the molecule is [C-]#[N+]CCCN1C(=O)c2cccc3c(-c4ccccc4)ccc1c23. The minimum Gasteiger partial charge on any atom is -0.317 e. The summed E-state index contributed by atoms with van der Waals surface area (Å²) in [5.74, 6) is 0.0470. The molecule has 0 aromatic heterocycles. The summed E-state index contributed by atoms with van der Waals surface area (Å²) < 4.78 is 0. The van der Waals surface area contributed by atoms with Crippen molar-refractivity contribution in [3.63, 3.8) is 0 Å². The number of hydrogen-bond donors (Lipinski definition) is 0. The minimum absolute atomic E-state index is 0.0470.